The van der Waals surface area contributed by atoms with Crippen LogP contribution in [0.1, 0.15) is 12.8 Å². The molecule has 1 atom stereocenters. The number of carbonyl (C=O) groups excluding carboxylic acids is 1. The summed E-state index contributed by atoms with van der Waals surface area (Å²) in [6.07, 6.45) is 1.40. The van der Waals surface area contributed by atoms with Crippen LogP contribution in [0.15, 0.2) is 0 Å². The third-order valence-corrected chi connectivity index (χ3v) is 1.24. The van der Waals surface area contributed by atoms with E-state index < -0.39 is 0 Å². The molecule has 46 valence electrons. The van der Waals surface area contributed by atoms with Gasteiger partial charge in [0.05, 0.1) is 0 Å². The minimum absolute atomic E-state index is 0.0255. The van der Waals surface area contributed by atoms with Gasteiger partial charge in [-0.3, -0.25) is 4.79 Å². The lowest BCUT2D eigenvalue weighted by atomic mass is 10.4. The molecular weight excluding hydrogens is 106 g/mol. The van der Waals surface area contributed by atoms with E-state index in [0.717, 1.165) is 6.42 Å². The first-order valence-corrected chi connectivity index (χ1v) is 2.65. The molecule has 0 aromatic heterocycles. The fourth-order valence-corrected chi connectivity index (χ4v) is 0.763. The second-order valence-electron chi connectivity index (χ2n) is 1.83. The molecule has 1 fully saturated rings. The number of hydrogen-bond donors (Lipinski definition) is 1. The maximum atomic E-state index is 10.4. The summed E-state index contributed by atoms with van der Waals surface area (Å²) in [6, 6.07) is 0. The fraction of sp³-hybridized carbons (Fsp3) is 0.800. The van der Waals surface area contributed by atoms with Crippen LogP contribution in [0.25, 0.3) is 0 Å². The van der Waals surface area contributed by atoms with Crippen LogP contribution in [-0.4, -0.2) is 19.2 Å². The van der Waals surface area contributed by atoms with E-state index in [9.17, 15) is 4.79 Å². The number of carbonyl (C=O) groups is 1. The Balaban J connectivity index is 2.32. The van der Waals surface area contributed by atoms with Gasteiger partial charge in [-0.05, 0) is 0 Å². The molecule has 3 nitrogen and oxygen atoms in total. The van der Waals surface area contributed by atoms with Crippen LogP contribution in [0.3, 0.4) is 0 Å². The van der Waals surface area contributed by atoms with Crippen LogP contribution in [0.5, 0.6) is 0 Å². The van der Waals surface area contributed by atoms with Gasteiger partial charge in [0.25, 0.3) is 0 Å². The normalized spacial score (nSPS) is 28.1. The van der Waals surface area contributed by atoms with Gasteiger partial charge in [0, 0.05) is 20.0 Å². The van der Waals surface area contributed by atoms with E-state index in [1.165, 1.54) is 0 Å². The van der Waals surface area contributed by atoms with E-state index >= 15 is 0 Å². The quantitative estimate of drug-likeness (QED) is 0.517. The van der Waals surface area contributed by atoms with Crippen molar-refractivity contribution in [3.05, 3.63) is 0 Å². The highest BCUT2D eigenvalue weighted by Crippen LogP contribution is 2.05. The molecule has 1 N–H and O–H groups in total. The molecule has 1 rings (SSSR count). The summed E-state index contributed by atoms with van der Waals surface area (Å²) >= 11 is 0. The fourth-order valence-electron chi connectivity index (χ4n) is 0.763. The molecular formula is C5H9NO2. The van der Waals surface area contributed by atoms with E-state index in [0.29, 0.717) is 6.42 Å². The minimum atomic E-state index is -0.0255. The van der Waals surface area contributed by atoms with Gasteiger partial charge >= 0.3 is 0 Å². The lowest BCUT2D eigenvalue weighted by Crippen LogP contribution is -2.26. The molecule has 0 unspecified atom stereocenters. The van der Waals surface area contributed by atoms with Gasteiger partial charge in [-0.25, -0.2) is 0 Å². The predicted octanol–water partition coefficient (Wildman–Crippen LogP) is -0.131. The number of methoxy groups -OCH3 is 1. The van der Waals surface area contributed by atoms with Crippen LogP contribution in [-0.2, 0) is 9.53 Å². The van der Waals surface area contributed by atoms with Crippen molar-refractivity contribution in [3.63, 3.8) is 0 Å². The Hall–Kier alpha value is -0.570. The maximum absolute atomic E-state index is 10.4. The lowest BCUT2D eigenvalue weighted by Gasteiger charge is -2.04. The van der Waals surface area contributed by atoms with Crippen LogP contribution < -0.4 is 5.32 Å². The highest BCUT2D eigenvalue weighted by molar-refractivity contribution is 5.78. The smallest absolute Gasteiger partial charge is 0.222 e. The van der Waals surface area contributed by atoms with Crippen molar-refractivity contribution in [2.45, 2.75) is 19.1 Å². The highest BCUT2D eigenvalue weighted by atomic mass is 16.5. The Kier molecular flexibility index (Phi) is 1.48. The van der Waals surface area contributed by atoms with Crippen molar-refractivity contribution in [2.24, 2.45) is 0 Å². The summed E-state index contributed by atoms with van der Waals surface area (Å²) in [5.41, 5.74) is 0. The van der Waals surface area contributed by atoms with Crippen molar-refractivity contribution < 1.29 is 9.53 Å². The highest BCUT2D eigenvalue weighted by Gasteiger charge is 2.18. The molecule has 0 bridgehead atoms. The van der Waals surface area contributed by atoms with Gasteiger partial charge in [-0.1, -0.05) is 0 Å². The average molecular weight is 115 g/mol. The van der Waals surface area contributed by atoms with E-state index in [1.807, 2.05) is 0 Å². The molecule has 1 heterocycles. The van der Waals surface area contributed by atoms with E-state index in [1.54, 1.807) is 7.11 Å². The number of amides is 1. The lowest BCUT2D eigenvalue weighted by molar-refractivity contribution is -0.120. The summed E-state index contributed by atoms with van der Waals surface area (Å²) in [4.78, 5) is 10.4. The third-order valence-electron chi connectivity index (χ3n) is 1.24. The molecule has 1 aliphatic rings. The third kappa shape index (κ3) is 0.980. The van der Waals surface area contributed by atoms with Crippen molar-refractivity contribution in [1.82, 2.24) is 5.32 Å². The Morgan fingerprint density at radius 3 is 2.88 bits per heavy atom. The first-order valence-electron chi connectivity index (χ1n) is 2.65. The van der Waals surface area contributed by atoms with Crippen molar-refractivity contribution >= 4 is 5.91 Å². The van der Waals surface area contributed by atoms with Gasteiger partial charge in [-0.2, -0.15) is 0 Å². The van der Waals surface area contributed by atoms with Crippen LogP contribution >= 0.6 is 0 Å². The Morgan fingerprint density at radius 2 is 2.62 bits per heavy atom. The van der Waals surface area contributed by atoms with E-state index in [-0.39, 0.29) is 12.1 Å². The topological polar surface area (TPSA) is 38.3 Å². The number of ether oxygens (including phenoxy) is 1. The van der Waals surface area contributed by atoms with Crippen molar-refractivity contribution in [1.29, 1.82) is 0 Å². The predicted molar refractivity (Wildman–Crippen MR) is 28.2 cm³/mol. The zero-order chi connectivity index (χ0) is 5.98. The molecule has 0 aromatic carbocycles. The Labute approximate surface area is 48.0 Å². The molecule has 0 saturated carbocycles. The zero-order valence-corrected chi connectivity index (χ0v) is 4.81. The maximum Gasteiger partial charge on any atom is 0.222 e. The Morgan fingerprint density at radius 1 is 1.88 bits per heavy atom. The SMILES string of the molecule is CO[C@H]1CCC(=O)N1. The molecule has 0 aliphatic carbocycles. The summed E-state index contributed by atoms with van der Waals surface area (Å²) in [6.45, 7) is 0. The number of rotatable bonds is 1. The molecule has 0 spiro atoms. The molecule has 1 aliphatic heterocycles. The van der Waals surface area contributed by atoms with Gasteiger partial charge in [-0.15, -0.1) is 0 Å². The summed E-state index contributed by atoms with van der Waals surface area (Å²) < 4.78 is 4.85. The van der Waals surface area contributed by atoms with Gasteiger partial charge < -0.3 is 10.1 Å². The molecule has 0 radical (unpaired) electrons. The summed E-state index contributed by atoms with van der Waals surface area (Å²) in [7, 11) is 1.59. The molecule has 0 aromatic rings. The van der Waals surface area contributed by atoms with Gasteiger partial charge in [0.1, 0.15) is 6.23 Å². The summed E-state index contributed by atoms with van der Waals surface area (Å²) in [5, 5.41) is 2.64. The Bertz CT molecular complexity index is 103. The molecule has 3 heteroatoms. The van der Waals surface area contributed by atoms with Crippen molar-refractivity contribution in [2.75, 3.05) is 7.11 Å². The first-order chi connectivity index (χ1) is 3.83. The first kappa shape index (κ1) is 5.56. The minimum Gasteiger partial charge on any atom is -0.362 e. The van der Waals surface area contributed by atoms with Crippen LogP contribution in [0.2, 0.25) is 0 Å². The van der Waals surface area contributed by atoms with E-state index in [2.05, 4.69) is 5.32 Å². The standard InChI is InChI=1S/C5H9NO2/c1-8-5-3-2-4(7)6-5/h5H,2-3H2,1H3,(H,6,7)/t5-/m0/s1. The molecule has 8 heavy (non-hydrogen) atoms. The van der Waals surface area contributed by atoms with E-state index in [4.69, 9.17) is 4.74 Å². The van der Waals surface area contributed by atoms with Crippen molar-refractivity contribution in [3.8, 4) is 0 Å². The number of hydrogen-bond acceptors (Lipinski definition) is 2. The van der Waals surface area contributed by atoms with Gasteiger partial charge in [0.15, 0.2) is 0 Å². The largest absolute Gasteiger partial charge is 0.362 e. The monoisotopic (exact) mass is 115 g/mol. The second-order valence-corrected chi connectivity index (χ2v) is 1.83. The van der Waals surface area contributed by atoms with Crippen LogP contribution in [0, 0.1) is 0 Å². The number of nitrogens with one attached hydrogen (secondary N) is 1. The average Bonchev–Trinajstić information content (AvgIpc) is 2.14. The molecule has 1 saturated heterocycles. The second kappa shape index (κ2) is 2.13. The zero-order valence-electron chi connectivity index (χ0n) is 4.81. The van der Waals surface area contributed by atoms with Crippen LogP contribution in [0.4, 0.5) is 0 Å². The van der Waals surface area contributed by atoms with Gasteiger partial charge in [0.2, 0.25) is 5.91 Å². The molecule has 1 amide bonds. The summed E-state index contributed by atoms with van der Waals surface area (Å²) in [5.74, 6) is 0.0943.